The van der Waals surface area contributed by atoms with Crippen molar-refractivity contribution in [3.05, 3.63) is 59.1 Å². The summed E-state index contributed by atoms with van der Waals surface area (Å²) in [7, 11) is -3.87. The lowest BCUT2D eigenvalue weighted by Crippen LogP contribution is -2.31. The average Bonchev–Trinajstić information content (AvgIpc) is 2.88. The Bertz CT molecular complexity index is 1020. The van der Waals surface area contributed by atoms with E-state index in [9.17, 15) is 22.8 Å². The first kappa shape index (κ1) is 19.2. The highest BCUT2D eigenvalue weighted by Gasteiger charge is 2.40. The number of sulfonamides is 1. The van der Waals surface area contributed by atoms with Crippen molar-refractivity contribution < 1.29 is 22.8 Å². The number of halogens is 1. The number of benzene rings is 2. The molecule has 3 rings (SSSR count). The number of amides is 2. The summed E-state index contributed by atoms with van der Waals surface area (Å²) < 4.78 is 22.6. The van der Waals surface area contributed by atoms with Crippen LogP contribution in [0.3, 0.4) is 0 Å². The molecule has 0 aliphatic carbocycles. The second-order valence-electron chi connectivity index (χ2n) is 6.14. The van der Waals surface area contributed by atoms with Crippen LogP contribution in [0.15, 0.2) is 53.4 Å². The molecule has 140 valence electrons. The largest absolute Gasteiger partial charge is 0.294 e. The Kier molecular flexibility index (Phi) is 5.14. The molecule has 0 spiro atoms. The van der Waals surface area contributed by atoms with Crippen molar-refractivity contribution in [2.75, 3.05) is 4.90 Å². The molecule has 1 saturated heterocycles. The molecule has 2 N–H and O–H groups in total. The Morgan fingerprint density at radius 1 is 1.07 bits per heavy atom. The van der Waals surface area contributed by atoms with E-state index >= 15 is 0 Å². The van der Waals surface area contributed by atoms with Gasteiger partial charge in [0.25, 0.3) is 0 Å². The van der Waals surface area contributed by atoms with Crippen LogP contribution in [0.1, 0.15) is 23.2 Å². The summed E-state index contributed by atoms with van der Waals surface area (Å²) >= 11 is 5.79. The number of carbonyl (C=O) groups is 3. The van der Waals surface area contributed by atoms with E-state index in [1.165, 1.54) is 24.3 Å². The quantitative estimate of drug-likeness (QED) is 0.603. The minimum Gasteiger partial charge on any atom is -0.294 e. The number of hydrogen-bond acceptors (Lipinski definition) is 5. The Hall–Kier alpha value is -2.55. The maximum atomic E-state index is 12.6. The van der Waals surface area contributed by atoms with E-state index in [1.807, 2.05) is 0 Å². The lowest BCUT2D eigenvalue weighted by Gasteiger charge is -2.15. The molecule has 2 amide bonds. The van der Waals surface area contributed by atoms with Gasteiger partial charge in [-0.25, -0.2) is 13.6 Å². The standard InChI is InChI=1S/C18H15ClN2O5S/c19-13-3-1-11(2-4-13)16(22)9-12-10-17(23)21(18(12)24)14-5-7-15(8-6-14)27(20,25)26/h1-8,12H,9-10H2,(H2,20,25,26). The summed E-state index contributed by atoms with van der Waals surface area (Å²) in [6.45, 7) is 0. The number of Topliss-reactive ketones (excluding diaryl/α,β-unsaturated/α-hetero) is 1. The molecule has 0 radical (unpaired) electrons. The summed E-state index contributed by atoms with van der Waals surface area (Å²) in [5.74, 6) is -1.97. The van der Waals surface area contributed by atoms with Gasteiger partial charge in [-0.2, -0.15) is 0 Å². The molecular formula is C18H15ClN2O5S. The molecule has 1 aliphatic rings. The summed E-state index contributed by atoms with van der Waals surface area (Å²) in [5, 5.41) is 5.53. The van der Waals surface area contributed by atoms with Crippen molar-refractivity contribution >= 4 is 44.9 Å². The number of nitrogens with zero attached hydrogens (tertiary/aromatic N) is 1. The van der Waals surface area contributed by atoms with Crippen molar-refractivity contribution in [3.8, 4) is 0 Å². The zero-order valence-electron chi connectivity index (χ0n) is 14.0. The Labute approximate surface area is 160 Å². The van der Waals surface area contributed by atoms with E-state index in [-0.39, 0.29) is 29.2 Å². The smallest absolute Gasteiger partial charge is 0.238 e. The molecule has 1 atom stereocenters. The van der Waals surface area contributed by atoms with Crippen LogP contribution in [0.25, 0.3) is 0 Å². The van der Waals surface area contributed by atoms with Gasteiger partial charge in [0.2, 0.25) is 21.8 Å². The van der Waals surface area contributed by atoms with Gasteiger partial charge in [0.15, 0.2) is 5.78 Å². The third kappa shape index (κ3) is 4.08. The van der Waals surface area contributed by atoms with Crippen LogP contribution in [0.2, 0.25) is 5.02 Å². The maximum absolute atomic E-state index is 12.6. The van der Waals surface area contributed by atoms with Crippen molar-refractivity contribution in [1.29, 1.82) is 0 Å². The molecule has 9 heteroatoms. The summed E-state index contributed by atoms with van der Waals surface area (Å²) in [6, 6.07) is 11.4. The van der Waals surface area contributed by atoms with E-state index in [1.54, 1.807) is 24.3 Å². The predicted molar refractivity (Wildman–Crippen MR) is 98.8 cm³/mol. The fourth-order valence-corrected chi connectivity index (χ4v) is 3.53. The van der Waals surface area contributed by atoms with Gasteiger partial charge < -0.3 is 0 Å². The average molecular weight is 407 g/mol. The van der Waals surface area contributed by atoms with Gasteiger partial charge in [0.05, 0.1) is 16.5 Å². The molecule has 0 saturated carbocycles. The van der Waals surface area contributed by atoms with E-state index in [2.05, 4.69) is 0 Å². The first-order valence-corrected chi connectivity index (χ1v) is 9.87. The van der Waals surface area contributed by atoms with E-state index in [4.69, 9.17) is 16.7 Å². The Balaban J connectivity index is 1.77. The van der Waals surface area contributed by atoms with Crippen molar-refractivity contribution in [3.63, 3.8) is 0 Å². The highest BCUT2D eigenvalue weighted by atomic mass is 35.5. The SMILES string of the molecule is NS(=O)(=O)c1ccc(N2C(=O)CC(CC(=O)c3ccc(Cl)cc3)C2=O)cc1. The van der Waals surface area contributed by atoms with E-state index in [0.29, 0.717) is 10.6 Å². The molecular weight excluding hydrogens is 392 g/mol. The summed E-state index contributed by atoms with van der Waals surface area (Å²) in [6.07, 6.45) is -0.187. The number of ketones is 1. The normalized spacial score (nSPS) is 17.4. The van der Waals surface area contributed by atoms with Crippen LogP contribution < -0.4 is 10.0 Å². The predicted octanol–water partition coefficient (Wildman–Crippen LogP) is 2.14. The number of rotatable bonds is 5. The van der Waals surface area contributed by atoms with Gasteiger partial charge in [-0.05, 0) is 48.5 Å². The van der Waals surface area contributed by atoms with Crippen LogP contribution in [-0.2, 0) is 19.6 Å². The van der Waals surface area contributed by atoms with Crippen LogP contribution in [-0.4, -0.2) is 26.0 Å². The Morgan fingerprint density at radius 2 is 1.67 bits per heavy atom. The van der Waals surface area contributed by atoms with Crippen LogP contribution >= 0.6 is 11.6 Å². The van der Waals surface area contributed by atoms with Gasteiger partial charge >= 0.3 is 0 Å². The number of anilines is 1. The van der Waals surface area contributed by atoms with Gasteiger partial charge in [0, 0.05) is 23.4 Å². The Morgan fingerprint density at radius 3 is 2.22 bits per heavy atom. The molecule has 1 fully saturated rings. The molecule has 1 heterocycles. The minimum atomic E-state index is -3.87. The summed E-state index contributed by atoms with van der Waals surface area (Å²) in [4.78, 5) is 38.1. The van der Waals surface area contributed by atoms with Crippen molar-refractivity contribution in [1.82, 2.24) is 0 Å². The lowest BCUT2D eigenvalue weighted by molar-refractivity contribution is -0.122. The second-order valence-corrected chi connectivity index (χ2v) is 8.14. The zero-order valence-corrected chi connectivity index (χ0v) is 15.5. The van der Waals surface area contributed by atoms with Gasteiger partial charge in [-0.3, -0.25) is 19.3 Å². The third-order valence-corrected chi connectivity index (χ3v) is 5.44. The number of carbonyl (C=O) groups excluding carboxylic acids is 3. The fourth-order valence-electron chi connectivity index (χ4n) is 2.89. The number of hydrogen-bond donors (Lipinski definition) is 1. The zero-order chi connectivity index (χ0) is 19.8. The van der Waals surface area contributed by atoms with Gasteiger partial charge in [-0.1, -0.05) is 11.6 Å². The molecule has 1 unspecified atom stereocenters. The fraction of sp³-hybridized carbons (Fsp3) is 0.167. The lowest BCUT2D eigenvalue weighted by atomic mass is 9.97. The van der Waals surface area contributed by atoms with Crippen molar-refractivity contribution in [2.24, 2.45) is 11.1 Å². The molecule has 2 aromatic rings. The highest BCUT2D eigenvalue weighted by Crippen LogP contribution is 2.30. The molecule has 27 heavy (non-hydrogen) atoms. The third-order valence-electron chi connectivity index (χ3n) is 4.26. The van der Waals surface area contributed by atoms with Gasteiger partial charge in [0.1, 0.15) is 0 Å². The minimum absolute atomic E-state index is 0.0882. The highest BCUT2D eigenvalue weighted by molar-refractivity contribution is 7.89. The molecule has 0 bridgehead atoms. The van der Waals surface area contributed by atoms with Gasteiger partial charge in [-0.15, -0.1) is 0 Å². The monoisotopic (exact) mass is 406 g/mol. The number of primary sulfonamides is 1. The van der Waals surface area contributed by atoms with Crippen LogP contribution in [0, 0.1) is 5.92 Å². The number of imide groups is 1. The topological polar surface area (TPSA) is 115 Å². The van der Waals surface area contributed by atoms with Crippen molar-refractivity contribution in [2.45, 2.75) is 17.7 Å². The molecule has 7 nitrogen and oxygen atoms in total. The maximum Gasteiger partial charge on any atom is 0.238 e. The first-order valence-electron chi connectivity index (χ1n) is 7.95. The molecule has 2 aromatic carbocycles. The van der Waals surface area contributed by atoms with E-state index in [0.717, 1.165) is 4.90 Å². The first-order chi connectivity index (χ1) is 12.7. The van der Waals surface area contributed by atoms with Crippen LogP contribution in [0.5, 0.6) is 0 Å². The van der Waals surface area contributed by atoms with Crippen LogP contribution in [0.4, 0.5) is 5.69 Å². The second kappa shape index (κ2) is 7.22. The molecule has 0 aromatic heterocycles. The number of nitrogens with two attached hydrogens (primary N) is 1. The molecule has 1 aliphatic heterocycles. The summed E-state index contributed by atoms with van der Waals surface area (Å²) in [5.41, 5.74) is 0.648. The van der Waals surface area contributed by atoms with E-state index < -0.39 is 27.8 Å².